The summed E-state index contributed by atoms with van der Waals surface area (Å²) in [6.07, 6.45) is 0.347. The highest BCUT2D eigenvalue weighted by molar-refractivity contribution is 6.45. The van der Waals surface area contributed by atoms with Gasteiger partial charge in [0.1, 0.15) is 10.8 Å². The van der Waals surface area contributed by atoms with Gasteiger partial charge in [0.25, 0.3) is 0 Å². The van der Waals surface area contributed by atoms with Crippen molar-refractivity contribution >= 4 is 58.2 Å². The fraction of sp³-hybridized carbons (Fsp3) is 0.222. The molecule has 1 aliphatic rings. The molecule has 0 heterocycles. The van der Waals surface area contributed by atoms with Gasteiger partial charge < -0.3 is 9.84 Å². The van der Waals surface area contributed by atoms with E-state index in [4.69, 9.17) is 56.2 Å². The van der Waals surface area contributed by atoms with Crippen LogP contribution in [0.1, 0.15) is 28.4 Å². The molecule has 0 fully saturated rings. The van der Waals surface area contributed by atoms with E-state index in [0.29, 0.717) is 33.2 Å². The van der Waals surface area contributed by atoms with E-state index in [1.165, 1.54) is 0 Å². The van der Waals surface area contributed by atoms with Crippen LogP contribution in [-0.2, 0) is 16.6 Å². The molecule has 2 aromatic rings. The third-order valence-corrected chi connectivity index (χ3v) is 6.02. The SMILES string of the molecule is CC1(c2ccc(Cl)c(Cl)c2)Cc2cc(OCC(=O)O)c(Cl)c(Cl)c2C1=O. The van der Waals surface area contributed by atoms with Crippen LogP contribution in [0.15, 0.2) is 24.3 Å². The number of aliphatic carboxylic acids is 1. The second-order valence-corrected chi connectivity index (χ2v) is 7.76. The number of carboxylic acid groups (broad SMARTS) is 1. The van der Waals surface area contributed by atoms with E-state index in [1.807, 2.05) is 0 Å². The monoisotopic (exact) mass is 432 g/mol. The number of rotatable bonds is 4. The number of ether oxygens (including phenoxy) is 1. The Morgan fingerprint density at radius 3 is 2.46 bits per heavy atom. The maximum Gasteiger partial charge on any atom is 0.341 e. The van der Waals surface area contributed by atoms with Crippen LogP contribution >= 0.6 is 46.4 Å². The number of carboxylic acids is 1. The predicted octanol–water partition coefficient (Wildman–Crippen LogP) is 5.46. The first-order valence-electron chi connectivity index (χ1n) is 7.51. The predicted molar refractivity (Wildman–Crippen MR) is 101 cm³/mol. The fourth-order valence-electron chi connectivity index (χ4n) is 3.09. The van der Waals surface area contributed by atoms with Crippen LogP contribution in [0.25, 0.3) is 0 Å². The number of carbonyl (C=O) groups is 2. The molecule has 0 spiro atoms. The lowest BCUT2D eigenvalue weighted by Gasteiger charge is -2.23. The number of hydrogen-bond acceptors (Lipinski definition) is 3. The average Bonchev–Trinajstić information content (AvgIpc) is 2.84. The van der Waals surface area contributed by atoms with Crippen LogP contribution in [0.4, 0.5) is 0 Å². The van der Waals surface area contributed by atoms with Gasteiger partial charge in [0, 0.05) is 5.56 Å². The molecule has 1 aliphatic carbocycles. The molecule has 0 amide bonds. The minimum absolute atomic E-state index is 0.0124. The van der Waals surface area contributed by atoms with E-state index < -0.39 is 18.0 Å². The standard InChI is InChI=1S/C18H12Cl4O4/c1-18(9-2-3-10(19)11(20)5-9)6-8-4-12(26-7-13(23)24)15(21)16(22)14(8)17(18)25/h2-5H,6-7H2,1H3,(H,23,24). The van der Waals surface area contributed by atoms with E-state index in [2.05, 4.69) is 0 Å². The Kier molecular flexibility index (Phi) is 5.15. The zero-order chi connectivity index (χ0) is 19.2. The summed E-state index contributed by atoms with van der Waals surface area (Å²) in [6.45, 7) is 1.23. The molecule has 26 heavy (non-hydrogen) atoms. The molecule has 3 rings (SSSR count). The quantitative estimate of drug-likeness (QED) is 0.695. The third-order valence-electron chi connectivity index (χ3n) is 4.44. The number of halogens is 4. The van der Waals surface area contributed by atoms with Crippen molar-refractivity contribution in [3.05, 3.63) is 61.0 Å². The Balaban J connectivity index is 2.06. The largest absolute Gasteiger partial charge is 0.480 e. The van der Waals surface area contributed by atoms with Crippen LogP contribution in [0.5, 0.6) is 5.75 Å². The molecule has 0 saturated carbocycles. The van der Waals surface area contributed by atoms with Crippen LogP contribution in [0.3, 0.4) is 0 Å². The summed E-state index contributed by atoms with van der Waals surface area (Å²) in [5.41, 5.74) is 0.758. The number of benzene rings is 2. The fourth-order valence-corrected chi connectivity index (χ4v) is 3.89. The highest BCUT2D eigenvalue weighted by Gasteiger charge is 2.45. The zero-order valence-corrected chi connectivity index (χ0v) is 16.4. The molecule has 1 unspecified atom stereocenters. The Morgan fingerprint density at radius 2 is 1.85 bits per heavy atom. The van der Waals surface area contributed by atoms with Crippen molar-refractivity contribution in [1.82, 2.24) is 0 Å². The minimum Gasteiger partial charge on any atom is -0.480 e. The number of Topliss-reactive ketones (excluding diaryl/α,β-unsaturated/α-hetero) is 1. The Morgan fingerprint density at radius 1 is 1.15 bits per heavy atom. The van der Waals surface area contributed by atoms with E-state index in [1.54, 1.807) is 31.2 Å². The molecule has 1 N–H and O–H groups in total. The van der Waals surface area contributed by atoms with Crippen LogP contribution in [0, 0.1) is 0 Å². The number of ketones is 1. The number of hydrogen-bond donors (Lipinski definition) is 1. The van der Waals surface area contributed by atoms with Crippen molar-refractivity contribution in [3.63, 3.8) is 0 Å². The molecule has 0 bridgehead atoms. The van der Waals surface area contributed by atoms with Crippen molar-refractivity contribution in [2.24, 2.45) is 0 Å². The smallest absolute Gasteiger partial charge is 0.341 e. The first-order chi connectivity index (χ1) is 12.1. The summed E-state index contributed by atoms with van der Waals surface area (Å²) < 4.78 is 5.18. The highest BCUT2D eigenvalue weighted by atomic mass is 35.5. The Hall–Kier alpha value is -1.46. The van der Waals surface area contributed by atoms with Crippen LogP contribution < -0.4 is 4.74 Å². The zero-order valence-electron chi connectivity index (χ0n) is 13.4. The van der Waals surface area contributed by atoms with Gasteiger partial charge in [-0.15, -0.1) is 0 Å². The Bertz CT molecular complexity index is 941. The average molecular weight is 434 g/mol. The van der Waals surface area contributed by atoms with Gasteiger partial charge in [-0.25, -0.2) is 4.79 Å². The maximum atomic E-state index is 13.1. The molecular weight excluding hydrogens is 422 g/mol. The maximum absolute atomic E-state index is 13.1. The molecule has 0 saturated heterocycles. The van der Waals surface area contributed by atoms with Crippen LogP contribution in [0.2, 0.25) is 20.1 Å². The molecule has 0 aromatic heterocycles. The lowest BCUT2D eigenvalue weighted by atomic mass is 9.79. The van der Waals surface area contributed by atoms with E-state index in [0.717, 1.165) is 0 Å². The molecule has 1 atom stereocenters. The summed E-state index contributed by atoms with van der Waals surface area (Å²) in [5, 5.41) is 9.59. The number of fused-ring (bicyclic) bond motifs is 1. The van der Waals surface area contributed by atoms with E-state index >= 15 is 0 Å². The van der Waals surface area contributed by atoms with Crippen LogP contribution in [-0.4, -0.2) is 23.5 Å². The molecule has 0 radical (unpaired) electrons. The highest BCUT2D eigenvalue weighted by Crippen LogP contribution is 2.47. The first-order valence-corrected chi connectivity index (χ1v) is 9.02. The normalized spacial score (nSPS) is 18.7. The topological polar surface area (TPSA) is 63.6 Å². The van der Waals surface area contributed by atoms with Gasteiger partial charge in [0.2, 0.25) is 0 Å². The van der Waals surface area contributed by atoms with Crippen molar-refractivity contribution < 1.29 is 19.4 Å². The molecule has 2 aromatic carbocycles. The van der Waals surface area contributed by atoms with Crippen molar-refractivity contribution in [2.45, 2.75) is 18.8 Å². The lowest BCUT2D eigenvalue weighted by Crippen LogP contribution is -2.29. The number of carbonyl (C=O) groups excluding carboxylic acids is 1. The molecule has 0 aliphatic heterocycles. The second kappa shape index (κ2) is 6.93. The summed E-state index contributed by atoms with van der Waals surface area (Å²) >= 11 is 24.5. The third kappa shape index (κ3) is 3.16. The molecule has 8 heteroatoms. The molecular formula is C18H12Cl4O4. The summed E-state index contributed by atoms with van der Waals surface area (Å²) in [6, 6.07) is 6.60. The summed E-state index contributed by atoms with van der Waals surface area (Å²) in [5.74, 6) is -1.21. The van der Waals surface area contributed by atoms with Crippen molar-refractivity contribution in [2.75, 3.05) is 6.61 Å². The van der Waals surface area contributed by atoms with Crippen molar-refractivity contribution in [3.8, 4) is 5.75 Å². The summed E-state index contributed by atoms with van der Waals surface area (Å²) in [4.78, 5) is 23.8. The summed E-state index contributed by atoms with van der Waals surface area (Å²) in [7, 11) is 0. The first kappa shape index (κ1) is 19.3. The van der Waals surface area contributed by atoms with Gasteiger partial charge in [-0.3, -0.25) is 4.79 Å². The minimum atomic E-state index is -1.14. The van der Waals surface area contributed by atoms with Gasteiger partial charge in [-0.1, -0.05) is 52.5 Å². The molecule has 136 valence electrons. The van der Waals surface area contributed by atoms with Gasteiger partial charge in [0.15, 0.2) is 12.4 Å². The van der Waals surface area contributed by atoms with Crippen molar-refractivity contribution in [1.29, 1.82) is 0 Å². The Labute approximate surface area is 169 Å². The second-order valence-electron chi connectivity index (χ2n) is 6.19. The van der Waals surface area contributed by atoms with Gasteiger partial charge in [-0.05, 0) is 42.7 Å². The molecule has 4 nitrogen and oxygen atoms in total. The van der Waals surface area contributed by atoms with Gasteiger partial charge in [-0.2, -0.15) is 0 Å². The van der Waals surface area contributed by atoms with Gasteiger partial charge >= 0.3 is 5.97 Å². The van der Waals surface area contributed by atoms with E-state index in [9.17, 15) is 9.59 Å². The lowest BCUT2D eigenvalue weighted by molar-refractivity contribution is -0.139. The van der Waals surface area contributed by atoms with E-state index in [-0.39, 0.29) is 21.6 Å². The van der Waals surface area contributed by atoms with Gasteiger partial charge in [0.05, 0.1) is 20.5 Å².